The molecule has 1 rings (SSSR count). The molecule has 0 aromatic heterocycles. The van der Waals surface area contributed by atoms with Gasteiger partial charge in [-0.2, -0.15) is 0 Å². The Bertz CT molecular complexity index is 381. The first-order chi connectivity index (χ1) is 10.2. The molecule has 1 unspecified atom stereocenters. The molecule has 0 fully saturated rings. The molecule has 120 valence electrons. The van der Waals surface area contributed by atoms with Crippen molar-refractivity contribution in [2.75, 3.05) is 39.8 Å². The summed E-state index contributed by atoms with van der Waals surface area (Å²) >= 11 is 0. The molecule has 0 saturated heterocycles. The van der Waals surface area contributed by atoms with E-state index in [2.05, 4.69) is 24.1 Å². The average molecular weight is 294 g/mol. The second-order valence-electron chi connectivity index (χ2n) is 5.18. The maximum Gasteiger partial charge on any atom is 0.124 e. The van der Waals surface area contributed by atoms with Crippen LogP contribution in [0.3, 0.4) is 0 Å². The normalized spacial score (nSPS) is 12.6. The summed E-state index contributed by atoms with van der Waals surface area (Å²) in [6.45, 7) is 9.56. The van der Waals surface area contributed by atoms with Gasteiger partial charge in [0.1, 0.15) is 5.75 Å². The van der Waals surface area contributed by atoms with Gasteiger partial charge in [-0.25, -0.2) is 0 Å². The highest BCUT2D eigenvalue weighted by molar-refractivity contribution is 5.34. The number of nitrogens with one attached hydrogen (secondary N) is 1. The predicted molar refractivity (Wildman–Crippen MR) is 87.8 cm³/mol. The molecule has 2 N–H and O–H groups in total. The number of ether oxygens (including phenoxy) is 1. The number of hydrogen-bond donors (Lipinski definition) is 2. The fraction of sp³-hybridized carbons (Fsp3) is 0.647. The van der Waals surface area contributed by atoms with Gasteiger partial charge in [0.15, 0.2) is 0 Å². The summed E-state index contributed by atoms with van der Waals surface area (Å²) in [4.78, 5) is 2.42. The fourth-order valence-electron chi connectivity index (χ4n) is 2.43. The Morgan fingerprint density at radius 1 is 1.19 bits per heavy atom. The van der Waals surface area contributed by atoms with E-state index in [-0.39, 0.29) is 0 Å². The SMILES string of the molecule is CCN(CC)CCCNCCC(O)c1ccccc1OC. The van der Waals surface area contributed by atoms with Gasteiger partial charge in [-0.05, 0) is 51.6 Å². The number of methoxy groups -OCH3 is 1. The molecule has 0 aliphatic heterocycles. The molecule has 0 spiro atoms. The van der Waals surface area contributed by atoms with Gasteiger partial charge < -0.3 is 20.1 Å². The van der Waals surface area contributed by atoms with Crippen LogP contribution in [0.2, 0.25) is 0 Å². The smallest absolute Gasteiger partial charge is 0.124 e. The molecule has 4 nitrogen and oxygen atoms in total. The zero-order valence-corrected chi connectivity index (χ0v) is 13.6. The Kier molecular flexibility index (Phi) is 9.06. The highest BCUT2D eigenvalue weighted by Crippen LogP contribution is 2.26. The zero-order valence-electron chi connectivity index (χ0n) is 13.6. The van der Waals surface area contributed by atoms with Crippen molar-refractivity contribution >= 4 is 0 Å². The summed E-state index contributed by atoms with van der Waals surface area (Å²) in [7, 11) is 1.64. The molecule has 1 atom stereocenters. The van der Waals surface area contributed by atoms with Crippen LogP contribution in [0.15, 0.2) is 24.3 Å². The van der Waals surface area contributed by atoms with Crippen LogP contribution in [0.4, 0.5) is 0 Å². The first-order valence-electron chi connectivity index (χ1n) is 7.96. The summed E-state index contributed by atoms with van der Waals surface area (Å²) in [5.41, 5.74) is 0.866. The van der Waals surface area contributed by atoms with E-state index in [9.17, 15) is 5.11 Å². The molecule has 21 heavy (non-hydrogen) atoms. The highest BCUT2D eigenvalue weighted by Gasteiger charge is 2.11. The summed E-state index contributed by atoms with van der Waals surface area (Å²) < 4.78 is 5.28. The lowest BCUT2D eigenvalue weighted by Crippen LogP contribution is -2.27. The number of nitrogens with zero attached hydrogens (tertiary/aromatic N) is 1. The van der Waals surface area contributed by atoms with Gasteiger partial charge in [0.2, 0.25) is 0 Å². The summed E-state index contributed by atoms with van der Waals surface area (Å²) in [6, 6.07) is 7.65. The zero-order chi connectivity index (χ0) is 15.5. The monoisotopic (exact) mass is 294 g/mol. The van der Waals surface area contributed by atoms with Crippen LogP contribution in [0.1, 0.15) is 38.4 Å². The number of benzene rings is 1. The van der Waals surface area contributed by atoms with Crippen LogP contribution >= 0.6 is 0 Å². The number of hydrogen-bond acceptors (Lipinski definition) is 4. The molecule has 4 heteroatoms. The lowest BCUT2D eigenvalue weighted by Gasteiger charge is -2.18. The van der Waals surface area contributed by atoms with Crippen LogP contribution in [-0.4, -0.2) is 49.8 Å². The van der Waals surface area contributed by atoms with Crippen molar-refractivity contribution in [3.8, 4) is 5.75 Å². The van der Waals surface area contributed by atoms with Crippen molar-refractivity contribution < 1.29 is 9.84 Å². The standard InChI is InChI=1S/C17H30N2O2/c1-4-19(5-2)14-8-12-18-13-11-16(20)15-9-6-7-10-17(15)21-3/h6-7,9-10,16,18,20H,4-5,8,11-14H2,1-3H3. The third-order valence-electron chi connectivity index (χ3n) is 3.81. The third kappa shape index (κ3) is 6.46. The molecule has 0 heterocycles. The Labute approximate surface area is 129 Å². The molecule has 0 aliphatic rings. The van der Waals surface area contributed by atoms with Crippen molar-refractivity contribution in [1.29, 1.82) is 0 Å². The molecule has 0 bridgehead atoms. The van der Waals surface area contributed by atoms with Gasteiger partial charge in [0, 0.05) is 5.56 Å². The molecule has 1 aromatic rings. The Morgan fingerprint density at radius 3 is 2.57 bits per heavy atom. The van der Waals surface area contributed by atoms with Crippen molar-refractivity contribution in [2.24, 2.45) is 0 Å². The second-order valence-corrected chi connectivity index (χ2v) is 5.18. The van der Waals surface area contributed by atoms with E-state index in [1.165, 1.54) is 0 Å². The minimum absolute atomic E-state index is 0.476. The van der Waals surface area contributed by atoms with Gasteiger partial charge in [-0.15, -0.1) is 0 Å². The first kappa shape index (κ1) is 18.0. The average Bonchev–Trinajstić information content (AvgIpc) is 2.54. The molecule has 0 aliphatic carbocycles. The first-order valence-corrected chi connectivity index (χ1v) is 7.96. The van der Waals surface area contributed by atoms with Gasteiger partial charge in [0.05, 0.1) is 13.2 Å². The minimum atomic E-state index is -0.476. The van der Waals surface area contributed by atoms with Crippen molar-refractivity contribution in [3.63, 3.8) is 0 Å². The van der Waals surface area contributed by atoms with Crippen LogP contribution in [-0.2, 0) is 0 Å². The summed E-state index contributed by atoms with van der Waals surface area (Å²) in [5, 5.41) is 13.6. The minimum Gasteiger partial charge on any atom is -0.496 e. The van der Waals surface area contributed by atoms with E-state index in [0.29, 0.717) is 6.42 Å². The van der Waals surface area contributed by atoms with Crippen molar-refractivity contribution in [3.05, 3.63) is 29.8 Å². The predicted octanol–water partition coefficient (Wildman–Crippen LogP) is 2.44. The lowest BCUT2D eigenvalue weighted by molar-refractivity contribution is 0.162. The summed E-state index contributed by atoms with van der Waals surface area (Å²) in [5.74, 6) is 0.756. The fourth-order valence-corrected chi connectivity index (χ4v) is 2.43. The number of aliphatic hydroxyl groups excluding tert-OH is 1. The lowest BCUT2D eigenvalue weighted by atomic mass is 10.1. The third-order valence-corrected chi connectivity index (χ3v) is 3.81. The molecule has 0 radical (unpaired) electrons. The van der Waals surface area contributed by atoms with Gasteiger partial charge in [0.25, 0.3) is 0 Å². The largest absolute Gasteiger partial charge is 0.496 e. The quantitative estimate of drug-likeness (QED) is 0.615. The highest BCUT2D eigenvalue weighted by atomic mass is 16.5. The van der Waals surface area contributed by atoms with Gasteiger partial charge >= 0.3 is 0 Å². The Hall–Kier alpha value is -1.10. The van der Waals surface area contributed by atoms with Gasteiger partial charge in [-0.1, -0.05) is 32.0 Å². The van der Waals surface area contributed by atoms with Crippen LogP contribution in [0, 0.1) is 0 Å². The van der Waals surface area contributed by atoms with E-state index in [1.807, 2.05) is 24.3 Å². The van der Waals surface area contributed by atoms with E-state index < -0.39 is 6.10 Å². The van der Waals surface area contributed by atoms with Crippen LogP contribution < -0.4 is 10.1 Å². The van der Waals surface area contributed by atoms with Crippen LogP contribution in [0.25, 0.3) is 0 Å². The molecular formula is C17H30N2O2. The van der Waals surface area contributed by atoms with E-state index in [0.717, 1.165) is 50.5 Å². The molecule has 1 aromatic carbocycles. The van der Waals surface area contributed by atoms with Crippen molar-refractivity contribution in [1.82, 2.24) is 10.2 Å². The van der Waals surface area contributed by atoms with Crippen LogP contribution in [0.5, 0.6) is 5.75 Å². The second kappa shape index (κ2) is 10.6. The van der Waals surface area contributed by atoms with E-state index in [4.69, 9.17) is 4.74 Å². The van der Waals surface area contributed by atoms with E-state index >= 15 is 0 Å². The molecular weight excluding hydrogens is 264 g/mol. The number of rotatable bonds is 11. The number of aliphatic hydroxyl groups is 1. The topological polar surface area (TPSA) is 44.7 Å². The molecule has 0 amide bonds. The van der Waals surface area contributed by atoms with Crippen molar-refractivity contribution in [2.45, 2.75) is 32.8 Å². The Balaban J connectivity index is 2.20. The van der Waals surface area contributed by atoms with E-state index in [1.54, 1.807) is 7.11 Å². The maximum atomic E-state index is 10.2. The molecule has 0 saturated carbocycles. The maximum absolute atomic E-state index is 10.2. The Morgan fingerprint density at radius 2 is 1.90 bits per heavy atom. The number of para-hydroxylation sites is 1. The van der Waals surface area contributed by atoms with Gasteiger partial charge in [-0.3, -0.25) is 0 Å². The summed E-state index contributed by atoms with van der Waals surface area (Å²) in [6.07, 6.45) is 1.37.